The van der Waals surface area contributed by atoms with Crippen molar-refractivity contribution in [2.45, 2.75) is 6.42 Å². The number of amides is 2. The Morgan fingerprint density at radius 3 is 2.84 bits per heavy atom. The predicted molar refractivity (Wildman–Crippen MR) is 64.0 cm³/mol. The van der Waals surface area contributed by atoms with E-state index >= 15 is 0 Å². The van der Waals surface area contributed by atoms with Crippen molar-refractivity contribution in [1.82, 2.24) is 30.5 Å². The molecule has 19 heavy (non-hydrogen) atoms. The molecule has 2 heterocycles. The van der Waals surface area contributed by atoms with Gasteiger partial charge in [-0.1, -0.05) is 0 Å². The lowest BCUT2D eigenvalue weighted by Gasteiger charge is -2.04. The number of H-pyrrole nitrogens is 1. The Balaban J connectivity index is 1.72. The van der Waals surface area contributed by atoms with Crippen molar-refractivity contribution in [3.63, 3.8) is 0 Å². The fraction of sp³-hybridized carbons (Fsp3) is 0.200. The van der Waals surface area contributed by atoms with Gasteiger partial charge in [0, 0.05) is 25.4 Å². The van der Waals surface area contributed by atoms with Crippen LogP contribution in [0.2, 0.25) is 0 Å². The van der Waals surface area contributed by atoms with Crippen LogP contribution in [0.3, 0.4) is 0 Å². The molecule has 0 unspecified atom stereocenters. The van der Waals surface area contributed by atoms with Crippen LogP contribution in [0.5, 0.6) is 0 Å². The minimum atomic E-state index is -0.374. The van der Waals surface area contributed by atoms with Gasteiger partial charge in [0.1, 0.15) is 12.0 Å². The van der Waals surface area contributed by atoms with Crippen LogP contribution in [-0.2, 0) is 4.79 Å². The Labute approximate surface area is 107 Å². The molecular formula is C10H11N7O2. The number of aromatic nitrogens is 5. The smallest absolute Gasteiger partial charge is 0.271 e. The van der Waals surface area contributed by atoms with E-state index in [1.165, 1.54) is 24.9 Å². The van der Waals surface area contributed by atoms with Crippen LogP contribution in [0, 0.1) is 0 Å². The molecule has 0 atom stereocenters. The van der Waals surface area contributed by atoms with E-state index in [2.05, 4.69) is 35.8 Å². The molecule has 0 saturated heterocycles. The first-order chi connectivity index (χ1) is 9.25. The number of hydrogen-bond donors (Lipinski definition) is 3. The van der Waals surface area contributed by atoms with E-state index in [9.17, 15) is 9.59 Å². The number of carbonyl (C=O) groups excluding carboxylic acids is 2. The molecule has 0 aliphatic rings. The fourth-order valence-electron chi connectivity index (χ4n) is 1.26. The van der Waals surface area contributed by atoms with Crippen LogP contribution < -0.4 is 10.6 Å². The maximum absolute atomic E-state index is 11.6. The molecule has 9 heteroatoms. The number of carbonyl (C=O) groups is 2. The molecule has 0 spiro atoms. The van der Waals surface area contributed by atoms with Gasteiger partial charge in [0.05, 0.1) is 6.20 Å². The highest BCUT2D eigenvalue weighted by molar-refractivity contribution is 5.93. The summed E-state index contributed by atoms with van der Waals surface area (Å²) in [5.41, 5.74) is 0.207. The first kappa shape index (κ1) is 12.6. The normalized spacial score (nSPS) is 9.89. The van der Waals surface area contributed by atoms with E-state index in [1.807, 2.05) is 0 Å². The maximum Gasteiger partial charge on any atom is 0.271 e. The van der Waals surface area contributed by atoms with E-state index in [0.29, 0.717) is 0 Å². The SMILES string of the molecule is O=C(CCNC(=O)c1cnccn1)Nc1ncn[nH]1. The molecule has 2 aromatic rings. The van der Waals surface area contributed by atoms with E-state index in [0.717, 1.165) is 0 Å². The second-order valence-corrected chi connectivity index (χ2v) is 3.48. The van der Waals surface area contributed by atoms with Gasteiger partial charge in [-0.3, -0.25) is 19.9 Å². The summed E-state index contributed by atoms with van der Waals surface area (Å²) in [5.74, 6) is -0.387. The molecule has 0 aliphatic carbocycles. The Morgan fingerprint density at radius 2 is 2.16 bits per heavy atom. The van der Waals surface area contributed by atoms with Crippen molar-refractivity contribution in [2.75, 3.05) is 11.9 Å². The minimum Gasteiger partial charge on any atom is -0.350 e. The average molecular weight is 261 g/mol. The summed E-state index contributed by atoms with van der Waals surface area (Å²) in [6, 6.07) is 0. The van der Waals surface area contributed by atoms with Gasteiger partial charge in [0.25, 0.3) is 5.91 Å². The molecule has 0 radical (unpaired) electrons. The maximum atomic E-state index is 11.6. The van der Waals surface area contributed by atoms with Gasteiger partial charge in [0.15, 0.2) is 0 Å². The third kappa shape index (κ3) is 3.84. The number of nitrogens with one attached hydrogen (secondary N) is 3. The minimum absolute atomic E-state index is 0.118. The third-order valence-corrected chi connectivity index (χ3v) is 2.11. The molecule has 2 rings (SSSR count). The van der Waals surface area contributed by atoms with Crippen LogP contribution in [0.15, 0.2) is 24.9 Å². The van der Waals surface area contributed by atoms with Crippen LogP contribution in [0.4, 0.5) is 5.95 Å². The lowest BCUT2D eigenvalue weighted by molar-refractivity contribution is -0.116. The summed E-state index contributed by atoms with van der Waals surface area (Å²) in [6.07, 6.45) is 5.65. The van der Waals surface area contributed by atoms with Crippen molar-refractivity contribution in [1.29, 1.82) is 0 Å². The summed E-state index contributed by atoms with van der Waals surface area (Å²) in [4.78, 5) is 34.4. The van der Waals surface area contributed by atoms with Gasteiger partial charge in [-0.15, -0.1) is 0 Å². The monoisotopic (exact) mass is 261 g/mol. The van der Waals surface area contributed by atoms with Crippen molar-refractivity contribution < 1.29 is 9.59 Å². The van der Waals surface area contributed by atoms with Gasteiger partial charge in [-0.2, -0.15) is 10.1 Å². The lowest BCUT2D eigenvalue weighted by atomic mass is 10.3. The molecule has 0 saturated carbocycles. The third-order valence-electron chi connectivity index (χ3n) is 2.11. The summed E-state index contributed by atoms with van der Waals surface area (Å²) in [5, 5.41) is 11.1. The van der Waals surface area contributed by atoms with Crippen molar-refractivity contribution in [3.8, 4) is 0 Å². The summed E-state index contributed by atoms with van der Waals surface area (Å²) >= 11 is 0. The first-order valence-electron chi connectivity index (χ1n) is 5.45. The Kier molecular flexibility index (Phi) is 4.11. The van der Waals surface area contributed by atoms with E-state index in [-0.39, 0.29) is 36.4 Å². The van der Waals surface area contributed by atoms with Gasteiger partial charge in [0.2, 0.25) is 11.9 Å². The van der Waals surface area contributed by atoms with Crippen LogP contribution in [0.25, 0.3) is 0 Å². The second kappa shape index (κ2) is 6.19. The van der Waals surface area contributed by atoms with Gasteiger partial charge < -0.3 is 5.32 Å². The molecule has 9 nitrogen and oxygen atoms in total. The molecule has 3 N–H and O–H groups in total. The van der Waals surface area contributed by atoms with Crippen molar-refractivity contribution in [3.05, 3.63) is 30.6 Å². The van der Waals surface area contributed by atoms with Gasteiger partial charge in [-0.05, 0) is 0 Å². The Hall–Kier alpha value is -2.84. The zero-order chi connectivity index (χ0) is 13.5. The van der Waals surface area contributed by atoms with Crippen LogP contribution in [-0.4, -0.2) is 43.5 Å². The number of hydrogen-bond acceptors (Lipinski definition) is 6. The molecule has 98 valence electrons. The molecule has 2 aromatic heterocycles. The largest absolute Gasteiger partial charge is 0.350 e. The average Bonchev–Trinajstić information content (AvgIpc) is 2.92. The standard InChI is InChI=1S/C10H11N7O2/c18-8(16-10-14-6-15-17-10)1-2-13-9(19)7-5-11-3-4-12-7/h3-6H,1-2H2,(H,13,19)(H2,14,15,16,17,18). The highest BCUT2D eigenvalue weighted by Gasteiger charge is 2.08. The zero-order valence-corrected chi connectivity index (χ0v) is 9.83. The first-order valence-corrected chi connectivity index (χ1v) is 5.45. The summed E-state index contributed by atoms with van der Waals surface area (Å²) in [7, 11) is 0. The molecule has 0 aliphatic heterocycles. The fourth-order valence-corrected chi connectivity index (χ4v) is 1.26. The zero-order valence-electron chi connectivity index (χ0n) is 9.83. The lowest BCUT2D eigenvalue weighted by Crippen LogP contribution is -2.28. The summed E-state index contributed by atoms with van der Waals surface area (Å²) in [6.45, 7) is 0.190. The molecule has 0 bridgehead atoms. The second-order valence-electron chi connectivity index (χ2n) is 3.48. The molecule has 0 aromatic carbocycles. The highest BCUT2D eigenvalue weighted by Crippen LogP contribution is 1.94. The Bertz CT molecular complexity index is 540. The summed E-state index contributed by atoms with van der Waals surface area (Å²) < 4.78 is 0. The number of rotatable bonds is 5. The number of aromatic amines is 1. The van der Waals surface area contributed by atoms with E-state index in [4.69, 9.17) is 0 Å². The molecule has 2 amide bonds. The van der Waals surface area contributed by atoms with E-state index < -0.39 is 0 Å². The van der Waals surface area contributed by atoms with E-state index in [1.54, 1.807) is 0 Å². The molecule has 0 fully saturated rings. The van der Waals surface area contributed by atoms with Crippen molar-refractivity contribution in [2.24, 2.45) is 0 Å². The quantitative estimate of drug-likeness (QED) is 0.656. The van der Waals surface area contributed by atoms with Crippen LogP contribution >= 0.6 is 0 Å². The number of anilines is 1. The molecular weight excluding hydrogens is 250 g/mol. The van der Waals surface area contributed by atoms with Gasteiger partial charge >= 0.3 is 0 Å². The van der Waals surface area contributed by atoms with Gasteiger partial charge in [-0.25, -0.2) is 10.1 Å². The number of nitrogens with zero attached hydrogens (tertiary/aromatic N) is 4. The van der Waals surface area contributed by atoms with Crippen LogP contribution in [0.1, 0.15) is 16.9 Å². The Morgan fingerprint density at radius 1 is 1.26 bits per heavy atom. The predicted octanol–water partition coefficient (Wildman–Crippen LogP) is -0.647. The topological polar surface area (TPSA) is 126 Å². The highest BCUT2D eigenvalue weighted by atomic mass is 16.2. The van der Waals surface area contributed by atoms with Crippen molar-refractivity contribution >= 4 is 17.8 Å².